The summed E-state index contributed by atoms with van der Waals surface area (Å²) in [7, 11) is 0. The first-order chi connectivity index (χ1) is 8.70. The van der Waals surface area contributed by atoms with E-state index in [1.54, 1.807) is 29.5 Å². The van der Waals surface area contributed by atoms with Gasteiger partial charge in [0.25, 0.3) is 0 Å². The van der Waals surface area contributed by atoms with Gasteiger partial charge in [-0.2, -0.15) is 0 Å². The zero-order chi connectivity index (χ0) is 13.0. The number of hydrogen-bond acceptors (Lipinski definition) is 4. The van der Waals surface area contributed by atoms with Gasteiger partial charge in [0.05, 0.1) is 0 Å². The van der Waals surface area contributed by atoms with E-state index in [0.717, 1.165) is 15.1 Å². The van der Waals surface area contributed by atoms with Crippen molar-refractivity contribution in [1.29, 1.82) is 0 Å². The Kier molecular flexibility index (Phi) is 4.22. The van der Waals surface area contributed by atoms with Crippen LogP contribution in [0, 0.1) is 0 Å². The Bertz CT molecular complexity index is 555. The molecule has 0 atom stereocenters. The molecular formula is C12H11BrN2O2S. The Morgan fingerprint density at radius 2 is 2.28 bits per heavy atom. The molecule has 6 heteroatoms. The van der Waals surface area contributed by atoms with Crippen LogP contribution >= 0.6 is 27.3 Å². The molecule has 0 saturated carbocycles. The molecule has 18 heavy (non-hydrogen) atoms. The van der Waals surface area contributed by atoms with Gasteiger partial charge in [-0.3, -0.25) is 0 Å². The van der Waals surface area contributed by atoms with Gasteiger partial charge in [-0.05, 0) is 45.6 Å². The highest BCUT2D eigenvalue weighted by atomic mass is 79.9. The summed E-state index contributed by atoms with van der Waals surface area (Å²) in [5.74, 6) is 0.788. The van der Waals surface area contributed by atoms with Crippen LogP contribution in [0.3, 0.4) is 0 Å². The molecule has 1 aromatic carbocycles. The maximum absolute atomic E-state index is 8.62. The molecule has 0 saturated heterocycles. The van der Waals surface area contributed by atoms with Gasteiger partial charge in [0.15, 0.2) is 5.84 Å². The lowest BCUT2D eigenvalue weighted by Gasteiger charge is -2.07. The van der Waals surface area contributed by atoms with Gasteiger partial charge in [0.1, 0.15) is 12.4 Å². The minimum atomic E-state index is 0.0617. The molecule has 0 aliphatic rings. The molecular weight excluding hydrogens is 316 g/mol. The highest BCUT2D eigenvalue weighted by molar-refractivity contribution is 9.10. The molecule has 0 fully saturated rings. The van der Waals surface area contributed by atoms with Crippen molar-refractivity contribution in [3.63, 3.8) is 0 Å². The Morgan fingerprint density at radius 3 is 2.89 bits per heavy atom. The van der Waals surface area contributed by atoms with Gasteiger partial charge in [0.2, 0.25) is 0 Å². The fraction of sp³-hybridized carbons (Fsp3) is 0.0833. The largest absolute Gasteiger partial charge is 0.488 e. The van der Waals surface area contributed by atoms with Crippen molar-refractivity contribution < 1.29 is 9.94 Å². The topological polar surface area (TPSA) is 67.8 Å². The number of nitrogens with zero attached hydrogens (tertiary/aromatic N) is 1. The Labute approximate surface area is 117 Å². The molecule has 0 bridgehead atoms. The standard InChI is InChI=1S/C12H11BrN2O2S/c13-11-6-8(3-4-10(11)12(14)15-16)17-7-9-2-1-5-18-9/h1-6,16H,7H2,(H2,14,15). The summed E-state index contributed by atoms with van der Waals surface area (Å²) in [5.41, 5.74) is 6.15. The minimum Gasteiger partial charge on any atom is -0.488 e. The number of ether oxygens (including phenoxy) is 1. The van der Waals surface area contributed by atoms with Crippen molar-refractivity contribution in [1.82, 2.24) is 0 Å². The van der Waals surface area contributed by atoms with E-state index in [2.05, 4.69) is 21.1 Å². The summed E-state index contributed by atoms with van der Waals surface area (Å²) < 4.78 is 6.36. The third-order valence-electron chi connectivity index (χ3n) is 2.29. The number of halogens is 1. The van der Waals surface area contributed by atoms with E-state index < -0.39 is 0 Å². The van der Waals surface area contributed by atoms with Crippen molar-refractivity contribution in [2.45, 2.75) is 6.61 Å². The van der Waals surface area contributed by atoms with Crippen LogP contribution in [-0.2, 0) is 6.61 Å². The number of amidine groups is 1. The average molecular weight is 327 g/mol. The fourth-order valence-corrected chi connectivity index (χ4v) is 2.57. The number of hydrogen-bond donors (Lipinski definition) is 2. The number of benzene rings is 1. The molecule has 0 spiro atoms. The first-order valence-electron chi connectivity index (χ1n) is 5.13. The quantitative estimate of drug-likeness (QED) is 0.392. The highest BCUT2D eigenvalue weighted by Crippen LogP contribution is 2.24. The van der Waals surface area contributed by atoms with Crippen LogP contribution in [0.5, 0.6) is 5.75 Å². The predicted octanol–water partition coefficient (Wildman–Crippen LogP) is 3.18. The van der Waals surface area contributed by atoms with Crippen LogP contribution < -0.4 is 10.5 Å². The van der Waals surface area contributed by atoms with E-state index in [1.807, 2.05) is 17.5 Å². The fourth-order valence-electron chi connectivity index (χ4n) is 1.40. The van der Waals surface area contributed by atoms with Crippen LogP contribution in [0.25, 0.3) is 0 Å². The number of rotatable bonds is 4. The van der Waals surface area contributed by atoms with Gasteiger partial charge in [-0.25, -0.2) is 0 Å². The maximum Gasteiger partial charge on any atom is 0.171 e. The summed E-state index contributed by atoms with van der Waals surface area (Å²) in [4.78, 5) is 1.16. The zero-order valence-corrected chi connectivity index (χ0v) is 11.7. The zero-order valence-electron chi connectivity index (χ0n) is 9.34. The smallest absolute Gasteiger partial charge is 0.171 e. The number of thiophene rings is 1. The second kappa shape index (κ2) is 5.88. The molecule has 0 amide bonds. The summed E-state index contributed by atoms with van der Waals surface area (Å²) in [6.45, 7) is 0.535. The molecule has 4 nitrogen and oxygen atoms in total. The first-order valence-corrected chi connectivity index (χ1v) is 6.80. The van der Waals surface area contributed by atoms with Crippen LogP contribution in [-0.4, -0.2) is 11.0 Å². The summed E-state index contributed by atoms with van der Waals surface area (Å²) in [5, 5.41) is 13.6. The van der Waals surface area contributed by atoms with E-state index in [4.69, 9.17) is 15.7 Å². The summed E-state index contributed by atoms with van der Waals surface area (Å²) in [6.07, 6.45) is 0. The van der Waals surface area contributed by atoms with Crippen molar-refractivity contribution in [2.24, 2.45) is 10.9 Å². The lowest BCUT2D eigenvalue weighted by atomic mass is 10.2. The molecule has 94 valence electrons. The third-order valence-corrected chi connectivity index (χ3v) is 3.79. The van der Waals surface area contributed by atoms with Crippen molar-refractivity contribution in [3.8, 4) is 5.75 Å². The van der Waals surface area contributed by atoms with Gasteiger partial charge in [0, 0.05) is 14.9 Å². The third kappa shape index (κ3) is 3.02. The predicted molar refractivity (Wildman–Crippen MR) is 75.3 cm³/mol. The lowest BCUT2D eigenvalue weighted by Crippen LogP contribution is -2.13. The molecule has 0 aliphatic heterocycles. The second-order valence-electron chi connectivity index (χ2n) is 3.49. The average Bonchev–Trinajstić information content (AvgIpc) is 2.88. The van der Waals surface area contributed by atoms with Crippen molar-refractivity contribution >= 4 is 33.1 Å². The number of oxime groups is 1. The summed E-state index contributed by atoms with van der Waals surface area (Å²) >= 11 is 5.01. The van der Waals surface area contributed by atoms with E-state index in [0.29, 0.717) is 12.2 Å². The van der Waals surface area contributed by atoms with E-state index in [1.165, 1.54) is 0 Å². The van der Waals surface area contributed by atoms with Gasteiger partial charge >= 0.3 is 0 Å². The molecule has 2 aromatic rings. The Hall–Kier alpha value is -1.53. The molecule has 3 N–H and O–H groups in total. The summed E-state index contributed by atoms with van der Waals surface area (Å²) in [6, 6.07) is 9.32. The molecule has 1 aromatic heterocycles. The van der Waals surface area contributed by atoms with Crippen molar-refractivity contribution in [2.75, 3.05) is 0 Å². The van der Waals surface area contributed by atoms with Crippen LogP contribution in [0.1, 0.15) is 10.4 Å². The van der Waals surface area contributed by atoms with Crippen LogP contribution in [0.15, 0.2) is 45.3 Å². The molecule has 1 heterocycles. The van der Waals surface area contributed by atoms with Gasteiger partial charge in [-0.15, -0.1) is 11.3 Å². The van der Waals surface area contributed by atoms with E-state index in [9.17, 15) is 0 Å². The highest BCUT2D eigenvalue weighted by Gasteiger charge is 2.06. The number of nitrogens with two attached hydrogens (primary N) is 1. The van der Waals surface area contributed by atoms with Gasteiger partial charge < -0.3 is 15.7 Å². The maximum atomic E-state index is 8.62. The van der Waals surface area contributed by atoms with Gasteiger partial charge in [-0.1, -0.05) is 11.2 Å². The monoisotopic (exact) mass is 326 g/mol. The molecule has 0 radical (unpaired) electrons. The Balaban J connectivity index is 2.09. The first kappa shape index (κ1) is 12.9. The Morgan fingerprint density at radius 1 is 1.44 bits per heavy atom. The van der Waals surface area contributed by atoms with Crippen LogP contribution in [0.4, 0.5) is 0 Å². The van der Waals surface area contributed by atoms with Crippen molar-refractivity contribution in [3.05, 3.63) is 50.6 Å². The van der Waals surface area contributed by atoms with Crippen LogP contribution in [0.2, 0.25) is 0 Å². The molecule has 2 rings (SSSR count). The second-order valence-corrected chi connectivity index (χ2v) is 5.38. The molecule has 0 unspecified atom stereocenters. The SMILES string of the molecule is N/C(=N/O)c1ccc(OCc2cccs2)cc1Br. The minimum absolute atomic E-state index is 0.0617. The van der Waals surface area contributed by atoms with E-state index >= 15 is 0 Å². The normalized spacial score (nSPS) is 11.5. The van der Waals surface area contributed by atoms with E-state index in [-0.39, 0.29) is 5.84 Å². The molecule has 0 aliphatic carbocycles. The lowest BCUT2D eigenvalue weighted by molar-refractivity contribution is 0.309.